The molecule has 0 unspecified atom stereocenters. The predicted molar refractivity (Wildman–Crippen MR) is 117 cm³/mol. The molecule has 0 spiro atoms. The summed E-state index contributed by atoms with van der Waals surface area (Å²) >= 11 is 0. The number of carbonyl (C=O) groups excluding carboxylic acids is 1. The fourth-order valence-electron chi connectivity index (χ4n) is 5.72. The van der Waals surface area contributed by atoms with Gasteiger partial charge in [0.2, 0.25) is 15.9 Å². The standard InChI is InChI=1S/C24H26F2N2O3S/c1-32(30,31)27-22-10-9-14-12-28(13-19(14)22)24(29)18-11-17(18)15-5-2-3-6-16(15)23-20(25)7-4-8-21(23)26/h2-8,14,17-19,22,27H,9-13H2,1H3/t14-,17+,18-,19+,22+/m1/s1. The quantitative estimate of drug-likeness (QED) is 0.743. The van der Waals surface area contributed by atoms with E-state index in [1.807, 2.05) is 17.0 Å². The van der Waals surface area contributed by atoms with Gasteiger partial charge in [0.05, 0.1) is 11.8 Å². The van der Waals surface area contributed by atoms with Crippen molar-refractivity contribution in [3.8, 4) is 11.1 Å². The molecule has 0 aromatic heterocycles. The SMILES string of the molecule is CS(=O)(=O)N[C@H]1CC[C@@H]2CN(C(=O)[C@@H]3C[C@H]3c3ccccc3-c3c(F)cccc3F)C[C@@H]21. The molecule has 1 saturated heterocycles. The number of carbonyl (C=O) groups is 1. The lowest BCUT2D eigenvalue weighted by Crippen LogP contribution is -2.40. The van der Waals surface area contributed by atoms with Crippen LogP contribution in [0.4, 0.5) is 8.78 Å². The number of nitrogens with one attached hydrogen (secondary N) is 1. The lowest BCUT2D eigenvalue weighted by Gasteiger charge is -2.21. The van der Waals surface area contributed by atoms with E-state index in [1.54, 1.807) is 12.1 Å². The van der Waals surface area contributed by atoms with Gasteiger partial charge in [0.25, 0.3) is 0 Å². The molecule has 1 aliphatic heterocycles. The summed E-state index contributed by atoms with van der Waals surface area (Å²) in [5, 5.41) is 0. The van der Waals surface area contributed by atoms with Crippen molar-refractivity contribution in [1.29, 1.82) is 0 Å². The molecule has 2 aromatic carbocycles. The first kappa shape index (κ1) is 21.5. The second-order valence-electron chi connectivity index (χ2n) is 9.37. The summed E-state index contributed by atoms with van der Waals surface area (Å²) in [4.78, 5) is 15.1. The van der Waals surface area contributed by atoms with Gasteiger partial charge < -0.3 is 4.90 Å². The maximum atomic E-state index is 14.4. The van der Waals surface area contributed by atoms with Crippen molar-refractivity contribution in [3.63, 3.8) is 0 Å². The van der Waals surface area contributed by atoms with Crippen LogP contribution < -0.4 is 4.72 Å². The third-order valence-electron chi connectivity index (χ3n) is 7.23. The van der Waals surface area contributed by atoms with Crippen LogP contribution in [0.25, 0.3) is 11.1 Å². The Balaban J connectivity index is 1.32. The van der Waals surface area contributed by atoms with Gasteiger partial charge >= 0.3 is 0 Å². The molecule has 2 aromatic rings. The van der Waals surface area contributed by atoms with Gasteiger partial charge in [0.15, 0.2) is 0 Å². The molecule has 0 bridgehead atoms. The van der Waals surface area contributed by atoms with Crippen molar-refractivity contribution in [3.05, 3.63) is 59.7 Å². The van der Waals surface area contributed by atoms with Crippen LogP contribution in [-0.2, 0) is 14.8 Å². The van der Waals surface area contributed by atoms with Gasteiger partial charge in [-0.1, -0.05) is 30.3 Å². The summed E-state index contributed by atoms with van der Waals surface area (Å²) in [6.07, 6.45) is 3.54. The van der Waals surface area contributed by atoms with E-state index in [9.17, 15) is 22.0 Å². The van der Waals surface area contributed by atoms with Gasteiger partial charge in [-0.2, -0.15) is 0 Å². The molecule has 5 rings (SSSR count). The number of hydrogen-bond acceptors (Lipinski definition) is 3. The van der Waals surface area contributed by atoms with Crippen molar-refractivity contribution in [2.24, 2.45) is 17.8 Å². The second-order valence-corrected chi connectivity index (χ2v) is 11.2. The molecule has 32 heavy (non-hydrogen) atoms. The maximum absolute atomic E-state index is 14.4. The zero-order chi connectivity index (χ0) is 22.6. The third-order valence-corrected chi connectivity index (χ3v) is 7.96. The van der Waals surface area contributed by atoms with E-state index < -0.39 is 21.7 Å². The topological polar surface area (TPSA) is 66.5 Å². The van der Waals surface area contributed by atoms with Crippen LogP contribution in [-0.4, -0.2) is 44.6 Å². The summed E-state index contributed by atoms with van der Waals surface area (Å²) in [7, 11) is -3.29. The first-order chi connectivity index (χ1) is 15.2. The summed E-state index contributed by atoms with van der Waals surface area (Å²) in [6.45, 7) is 1.21. The molecule has 2 saturated carbocycles. The molecule has 1 amide bonds. The molecule has 2 aliphatic carbocycles. The van der Waals surface area contributed by atoms with E-state index in [-0.39, 0.29) is 35.3 Å². The minimum atomic E-state index is -3.29. The van der Waals surface area contributed by atoms with E-state index in [0.29, 0.717) is 31.0 Å². The molecule has 1 heterocycles. The van der Waals surface area contributed by atoms with Gasteiger partial charge in [-0.15, -0.1) is 0 Å². The van der Waals surface area contributed by atoms with Gasteiger partial charge in [-0.05, 0) is 60.3 Å². The summed E-state index contributed by atoms with van der Waals surface area (Å²) in [5.74, 6) is -0.975. The Hall–Kier alpha value is -2.32. The number of nitrogens with zero attached hydrogens (tertiary/aromatic N) is 1. The summed E-state index contributed by atoms with van der Waals surface area (Å²) in [5.41, 5.74) is 1.25. The highest BCUT2D eigenvalue weighted by molar-refractivity contribution is 7.88. The average molecular weight is 461 g/mol. The van der Waals surface area contributed by atoms with Crippen molar-refractivity contribution >= 4 is 15.9 Å². The highest BCUT2D eigenvalue weighted by Gasteiger charge is 2.51. The fourth-order valence-corrected chi connectivity index (χ4v) is 6.56. The maximum Gasteiger partial charge on any atom is 0.226 e. The number of amides is 1. The second kappa shape index (κ2) is 7.92. The molecule has 5 nitrogen and oxygen atoms in total. The number of fused-ring (bicyclic) bond motifs is 1. The Morgan fingerprint density at radius 3 is 2.47 bits per heavy atom. The van der Waals surface area contributed by atoms with Crippen LogP contribution in [0.1, 0.15) is 30.7 Å². The van der Waals surface area contributed by atoms with Crippen LogP contribution in [0.5, 0.6) is 0 Å². The smallest absolute Gasteiger partial charge is 0.226 e. The Morgan fingerprint density at radius 1 is 1.03 bits per heavy atom. The van der Waals surface area contributed by atoms with Crippen molar-refractivity contribution in [2.45, 2.75) is 31.2 Å². The Kier molecular flexibility index (Phi) is 5.33. The molecule has 5 atom stereocenters. The van der Waals surface area contributed by atoms with E-state index in [0.717, 1.165) is 18.4 Å². The molecule has 170 valence electrons. The van der Waals surface area contributed by atoms with Crippen LogP contribution in [0, 0.1) is 29.4 Å². The number of likely N-dealkylation sites (tertiary alicyclic amines) is 1. The van der Waals surface area contributed by atoms with Crippen molar-refractivity contribution < 1.29 is 22.0 Å². The lowest BCUT2D eigenvalue weighted by atomic mass is 9.95. The van der Waals surface area contributed by atoms with E-state index in [1.165, 1.54) is 24.5 Å². The van der Waals surface area contributed by atoms with E-state index in [4.69, 9.17) is 0 Å². The highest BCUT2D eigenvalue weighted by Crippen LogP contribution is 2.52. The summed E-state index contributed by atoms with van der Waals surface area (Å²) < 4.78 is 54.9. The number of hydrogen-bond donors (Lipinski definition) is 1. The molecule has 1 N–H and O–H groups in total. The number of sulfonamides is 1. The van der Waals surface area contributed by atoms with E-state index >= 15 is 0 Å². The average Bonchev–Trinajstić information content (AvgIpc) is 3.28. The Labute approximate surface area is 186 Å². The van der Waals surface area contributed by atoms with Gasteiger partial charge in [0, 0.05) is 25.0 Å². The zero-order valence-electron chi connectivity index (χ0n) is 17.8. The predicted octanol–water partition coefficient (Wildman–Crippen LogP) is 3.52. The fraction of sp³-hybridized carbons (Fsp3) is 0.458. The molecule has 8 heteroatoms. The van der Waals surface area contributed by atoms with Crippen molar-refractivity contribution in [2.75, 3.05) is 19.3 Å². The van der Waals surface area contributed by atoms with Gasteiger partial charge in [-0.25, -0.2) is 21.9 Å². The monoisotopic (exact) mass is 460 g/mol. The van der Waals surface area contributed by atoms with Crippen LogP contribution in [0.15, 0.2) is 42.5 Å². The highest BCUT2D eigenvalue weighted by atomic mass is 32.2. The van der Waals surface area contributed by atoms with Gasteiger partial charge in [0.1, 0.15) is 11.6 Å². The number of benzene rings is 2. The molecule has 0 radical (unpaired) electrons. The zero-order valence-corrected chi connectivity index (χ0v) is 18.6. The Morgan fingerprint density at radius 2 is 1.75 bits per heavy atom. The number of halogens is 2. The van der Waals surface area contributed by atoms with Crippen LogP contribution >= 0.6 is 0 Å². The first-order valence-corrected chi connectivity index (χ1v) is 12.9. The van der Waals surface area contributed by atoms with Crippen molar-refractivity contribution in [1.82, 2.24) is 9.62 Å². The minimum absolute atomic E-state index is 0.0494. The van der Waals surface area contributed by atoms with Crippen LogP contribution in [0.3, 0.4) is 0 Å². The largest absolute Gasteiger partial charge is 0.342 e. The van der Waals surface area contributed by atoms with E-state index in [2.05, 4.69) is 4.72 Å². The summed E-state index contributed by atoms with van der Waals surface area (Å²) in [6, 6.07) is 10.9. The van der Waals surface area contributed by atoms with Gasteiger partial charge in [-0.3, -0.25) is 4.79 Å². The Bertz CT molecular complexity index is 1150. The van der Waals surface area contributed by atoms with Crippen LogP contribution in [0.2, 0.25) is 0 Å². The molecular weight excluding hydrogens is 434 g/mol. The molecule has 3 fully saturated rings. The lowest BCUT2D eigenvalue weighted by molar-refractivity contribution is -0.131. The normalized spacial score (nSPS) is 29.2. The molecule has 3 aliphatic rings. The first-order valence-electron chi connectivity index (χ1n) is 11.0. The number of rotatable bonds is 5. The molecular formula is C24H26F2N2O3S. The minimum Gasteiger partial charge on any atom is -0.342 e. The third kappa shape index (κ3) is 3.94.